The van der Waals surface area contributed by atoms with Crippen molar-refractivity contribution in [3.8, 4) is 0 Å². The minimum Gasteiger partial charge on any atom is -0.352 e. The van der Waals surface area contributed by atoms with Crippen LogP contribution in [0.3, 0.4) is 0 Å². The first-order chi connectivity index (χ1) is 12.5. The average molecular weight is 435 g/mol. The molecule has 0 aliphatic carbocycles. The zero-order chi connectivity index (χ0) is 18.5. The number of carbonyl (C=O) groups is 1. The summed E-state index contributed by atoms with van der Waals surface area (Å²) < 4.78 is 13.6. The second-order valence-electron chi connectivity index (χ2n) is 7.72. The molecule has 3 rings (SSSR count). The predicted octanol–water partition coefficient (Wildman–Crippen LogP) is 2.60. The fourth-order valence-electron chi connectivity index (χ4n) is 4.00. The molecule has 2 N–H and O–H groups in total. The number of benzene rings is 1. The predicted molar refractivity (Wildman–Crippen MR) is 116 cm³/mol. The molecule has 28 heavy (non-hydrogen) atoms. The van der Waals surface area contributed by atoms with Crippen molar-refractivity contribution in [1.29, 1.82) is 0 Å². The zero-order valence-electron chi connectivity index (χ0n) is 16.7. The Kier molecular flexibility index (Phi) is 10.7. The number of piperidine rings is 1. The van der Waals surface area contributed by atoms with Crippen molar-refractivity contribution in [2.75, 3.05) is 39.3 Å². The first kappa shape index (κ1) is 25.1. The largest absolute Gasteiger partial charge is 0.352 e. The van der Waals surface area contributed by atoms with E-state index in [0.717, 1.165) is 51.1 Å². The molecule has 1 aromatic rings. The highest BCUT2D eigenvalue weighted by atomic mass is 35.5. The molecule has 0 bridgehead atoms. The van der Waals surface area contributed by atoms with Gasteiger partial charge in [-0.3, -0.25) is 9.69 Å². The van der Waals surface area contributed by atoms with E-state index in [2.05, 4.69) is 34.3 Å². The Labute approximate surface area is 180 Å². The van der Waals surface area contributed by atoms with Crippen LogP contribution in [-0.2, 0) is 4.79 Å². The lowest BCUT2D eigenvalue weighted by atomic mass is 10.0. The normalized spacial score (nSPS) is 21.6. The Bertz CT molecular complexity index is 612. The van der Waals surface area contributed by atoms with Crippen molar-refractivity contribution in [1.82, 2.24) is 20.4 Å². The molecule has 0 spiro atoms. The van der Waals surface area contributed by atoms with Crippen LogP contribution >= 0.6 is 24.8 Å². The van der Waals surface area contributed by atoms with Crippen LogP contribution in [0.1, 0.15) is 38.3 Å². The van der Waals surface area contributed by atoms with Crippen LogP contribution < -0.4 is 10.6 Å². The Morgan fingerprint density at radius 2 is 1.96 bits per heavy atom. The summed E-state index contributed by atoms with van der Waals surface area (Å²) in [6, 6.07) is 7.58. The van der Waals surface area contributed by atoms with Gasteiger partial charge in [-0.25, -0.2) is 4.39 Å². The third-order valence-corrected chi connectivity index (χ3v) is 5.56. The Morgan fingerprint density at radius 3 is 2.61 bits per heavy atom. The fraction of sp³-hybridized carbons (Fsp3) is 0.650. The molecule has 1 unspecified atom stereocenters. The maximum Gasteiger partial charge on any atom is 0.234 e. The lowest BCUT2D eigenvalue weighted by molar-refractivity contribution is -0.124. The number of nitrogens with one attached hydrogen (secondary N) is 2. The van der Waals surface area contributed by atoms with Gasteiger partial charge in [-0.2, -0.15) is 0 Å². The molecule has 2 aliphatic rings. The number of amides is 1. The fourth-order valence-corrected chi connectivity index (χ4v) is 4.00. The van der Waals surface area contributed by atoms with Crippen molar-refractivity contribution in [3.63, 3.8) is 0 Å². The molecule has 2 saturated heterocycles. The van der Waals surface area contributed by atoms with Crippen molar-refractivity contribution in [2.45, 2.75) is 44.8 Å². The molecule has 1 atom stereocenters. The number of carbonyl (C=O) groups excluding carboxylic acids is 1. The summed E-state index contributed by atoms with van der Waals surface area (Å²) >= 11 is 0. The molecule has 0 radical (unpaired) electrons. The third-order valence-electron chi connectivity index (χ3n) is 5.56. The van der Waals surface area contributed by atoms with E-state index in [1.165, 1.54) is 6.07 Å². The molecule has 1 aromatic carbocycles. The van der Waals surface area contributed by atoms with Gasteiger partial charge in [0.15, 0.2) is 0 Å². The van der Waals surface area contributed by atoms with Gasteiger partial charge in [0.05, 0.1) is 6.54 Å². The van der Waals surface area contributed by atoms with Gasteiger partial charge < -0.3 is 15.5 Å². The van der Waals surface area contributed by atoms with Gasteiger partial charge in [0.1, 0.15) is 5.82 Å². The number of hydrogen-bond donors (Lipinski definition) is 2. The second-order valence-corrected chi connectivity index (χ2v) is 7.72. The summed E-state index contributed by atoms with van der Waals surface area (Å²) in [5.41, 5.74) is 0.926. The van der Waals surface area contributed by atoms with Crippen molar-refractivity contribution >= 4 is 30.7 Å². The molecule has 5 nitrogen and oxygen atoms in total. The smallest absolute Gasteiger partial charge is 0.234 e. The van der Waals surface area contributed by atoms with E-state index in [1.807, 2.05) is 6.07 Å². The van der Waals surface area contributed by atoms with Crippen LogP contribution in [0.15, 0.2) is 24.3 Å². The van der Waals surface area contributed by atoms with Gasteiger partial charge in [0.2, 0.25) is 5.91 Å². The molecule has 1 amide bonds. The first-order valence-corrected chi connectivity index (χ1v) is 9.76. The Balaban J connectivity index is 0.00000196. The molecule has 2 aliphatic heterocycles. The highest BCUT2D eigenvalue weighted by molar-refractivity contribution is 5.85. The second kappa shape index (κ2) is 11.9. The van der Waals surface area contributed by atoms with Gasteiger partial charge in [-0.15, -0.1) is 24.8 Å². The SMILES string of the molecule is CC(C)N1CCC(NC(=O)CN2CCNCC2c2cccc(F)c2)CC1.Cl.Cl. The molecular weight excluding hydrogens is 402 g/mol. The number of halogens is 3. The van der Waals surface area contributed by atoms with E-state index in [-0.39, 0.29) is 48.6 Å². The molecule has 2 heterocycles. The zero-order valence-corrected chi connectivity index (χ0v) is 18.3. The Hall–Kier alpha value is -0.920. The lowest BCUT2D eigenvalue weighted by Crippen LogP contribution is -2.52. The minimum absolute atomic E-state index is 0. The molecule has 160 valence electrons. The van der Waals surface area contributed by atoms with E-state index >= 15 is 0 Å². The molecule has 0 saturated carbocycles. The highest BCUT2D eigenvalue weighted by Gasteiger charge is 2.27. The van der Waals surface area contributed by atoms with Crippen LogP contribution in [0.5, 0.6) is 0 Å². The van der Waals surface area contributed by atoms with Crippen LogP contribution in [-0.4, -0.2) is 67.1 Å². The van der Waals surface area contributed by atoms with Gasteiger partial charge in [-0.1, -0.05) is 12.1 Å². The first-order valence-electron chi connectivity index (χ1n) is 9.76. The monoisotopic (exact) mass is 434 g/mol. The summed E-state index contributed by atoms with van der Waals surface area (Å²) in [5.74, 6) is -0.148. The maximum absolute atomic E-state index is 13.6. The lowest BCUT2D eigenvalue weighted by Gasteiger charge is -2.37. The topological polar surface area (TPSA) is 47.6 Å². The summed E-state index contributed by atoms with van der Waals surface area (Å²) in [7, 11) is 0. The minimum atomic E-state index is -0.227. The van der Waals surface area contributed by atoms with Gasteiger partial charge in [0.25, 0.3) is 0 Å². The van der Waals surface area contributed by atoms with Gasteiger partial charge in [0, 0.05) is 50.8 Å². The average Bonchev–Trinajstić information content (AvgIpc) is 2.62. The molecule has 8 heteroatoms. The van der Waals surface area contributed by atoms with Crippen LogP contribution in [0, 0.1) is 5.82 Å². The van der Waals surface area contributed by atoms with E-state index < -0.39 is 0 Å². The highest BCUT2D eigenvalue weighted by Crippen LogP contribution is 2.22. The van der Waals surface area contributed by atoms with Crippen LogP contribution in [0.4, 0.5) is 4.39 Å². The van der Waals surface area contributed by atoms with E-state index in [4.69, 9.17) is 0 Å². The number of nitrogens with zero attached hydrogens (tertiary/aromatic N) is 2. The van der Waals surface area contributed by atoms with Crippen LogP contribution in [0.2, 0.25) is 0 Å². The standard InChI is InChI=1S/C20H31FN4O.2ClH/c1-15(2)24-9-6-18(7-10-24)23-20(26)14-25-11-8-22-13-19(25)16-4-3-5-17(21)12-16;;/h3-5,12,15,18-19,22H,6-11,13-14H2,1-2H3,(H,23,26);2*1H. The van der Waals surface area contributed by atoms with Crippen molar-refractivity contribution in [3.05, 3.63) is 35.6 Å². The number of piperazine rings is 1. The van der Waals surface area contributed by atoms with Crippen molar-refractivity contribution < 1.29 is 9.18 Å². The molecule has 2 fully saturated rings. The van der Waals surface area contributed by atoms with Gasteiger partial charge >= 0.3 is 0 Å². The van der Waals surface area contributed by atoms with Crippen molar-refractivity contribution in [2.24, 2.45) is 0 Å². The van der Waals surface area contributed by atoms with Crippen LogP contribution in [0.25, 0.3) is 0 Å². The summed E-state index contributed by atoms with van der Waals surface area (Å²) in [5, 5.41) is 6.56. The molecular formula is C20H33Cl2FN4O. The quantitative estimate of drug-likeness (QED) is 0.747. The van der Waals surface area contributed by atoms with Gasteiger partial charge in [-0.05, 0) is 44.4 Å². The summed E-state index contributed by atoms with van der Waals surface area (Å²) in [6.45, 7) is 9.28. The van der Waals surface area contributed by atoms with E-state index in [0.29, 0.717) is 12.6 Å². The van der Waals surface area contributed by atoms with E-state index in [9.17, 15) is 9.18 Å². The summed E-state index contributed by atoms with van der Waals surface area (Å²) in [4.78, 5) is 17.2. The van der Waals surface area contributed by atoms with E-state index in [1.54, 1.807) is 12.1 Å². The number of hydrogen-bond acceptors (Lipinski definition) is 4. The third kappa shape index (κ3) is 6.85. The summed E-state index contributed by atoms with van der Waals surface area (Å²) in [6.07, 6.45) is 2.03. The Morgan fingerprint density at radius 1 is 1.25 bits per heavy atom. The molecule has 0 aromatic heterocycles. The number of rotatable bonds is 5. The number of likely N-dealkylation sites (tertiary alicyclic amines) is 1. The maximum atomic E-state index is 13.6.